The zero-order valence-corrected chi connectivity index (χ0v) is 11.1. The van der Waals surface area contributed by atoms with Gasteiger partial charge in [0.15, 0.2) is 0 Å². The lowest BCUT2D eigenvalue weighted by Gasteiger charge is -2.17. The number of carbonyl (C=O) groups is 2. The fourth-order valence-electron chi connectivity index (χ4n) is 1.30. The van der Waals surface area contributed by atoms with Crippen molar-refractivity contribution in [2.45, 2.75) is 19.1 Å². The van der Waals surface area contributed by atoms with Gasteiger partial charge in [-0.2, -0.15) is 0 Å². The first kappa shape index (κ1) is 15.9. The number of hydrogen-bond acceptors (Lipinski definition) is 4. The second-order valence-electron chi connectivity index (χ2n) is 4.02. The molecule has 0 bridgehead atoms. The van der Waals surface area contributed by atoms with E-state index in [-0.39, 0.29) is 12.3 Å². The number of carbonyl (C=O) groups excluding carboxylic acids is 1. The van der Waals surface area contributed by atoms with Gasteiger partial charge in [0.1, 0.15) is 17.7 Å². The van der Waals surface area contributed by atoms with E-state index in [1.165, 1.54) is 26.2 Å². The first-order chi connectivity index (χ1) is 9.43. The van der Waals surface area contributed by atoms with Crippen molar-refractivity contribution in [3.63, 3.8) is 0 Å². The minimum Gasteiger partial charge on any atom is -0.478 e. The molecule has 0 aliphatic rings. The molecule has 2 atom stereocenters. The van der Waals surface area contributed by atoms with Crippen molar-refractivity contribution in [3.8, 4) is 5.75 Å². The van der Waals surface area contributed by atoms with Gasteiger partial charge in [-0.15, -0.1) is 0 Å². The molecule has 0 aliphatic carbocycles. The van der Waals surface area contributed by atoms with Crippen molar-refractivity contribution in [1.82, 2.24) is 5.32 Å². The van der Waals surface area contributed by atoms with Crippen LogP contribution in [-0.4, -0.2) is 42.8 Å². The van der Waals surface area contributed by atoms with Gasteiger partial charge in [0.2, 0.25) is 12.0 Å². The molecule has 0 radical (unpaired) electrons. The number of amides is 1. The standard InChI is InChI=1S/C13H16FNO5/c1-8(19-2)12(16)15-7-11(13(17)18)20-10-5-3-9(14)4-6-10/h3-6,8,11H,7H2,1-2H3,(H,15,16)(H,17,18). The Hall–Kier alpha value is -2.15. The molecule has 110 valence electrons. The predicted octanol–water partition coefficient (Wildman–Crippen LogP) is 0.809. The number of halogens is 1. The Kier molecular flexibility index (Phi) is 5.92. The van der Waals surface area contributed by atoms with Gasteiger partial charge >= 0.3 is 5.97 Å². The Balaban J connectivity index is 2.59. The molecule has 0 fully saturated rings. The maximum Gasteiger partial charge on any atom is 0.346 e. The number of aliphatic carboxylic acids is 1. The van der Waals surface area contributed by atoms with E-state index in [1.54, 1.807) is 0 Å². The van der Waals surface area contributed by atoms with Gasteiger partial charge in [0, 0.05) is 7.11 Å². The van der Waals surface area contributed by atoms with E-state index >= 15 is 0 Å². The Morgan fingerprint density at radius 1 is 1.35 bits per heavy atom. The molecule has 7 heteroatoms. The zero-order valence-electron chi connectivity index (χ0n) is 11.1. The Labute approximate surface area is 115 Å². The minimum atomic E-state index is -1.27. The Morgan fingerprint density at radius 2 is 1.95 bits per heavy atom. The zero-order chi connectivity index (χ0) is 15.1. The minimum absolute atomic E-state index is 0.202. The van der Waals surface area contributed by atoms with Crippen molar-refractivity contribution < 1.29 is 28.6 Å². The second-order valence-corrected chi connectivity index (χ2v) is 4.02. The molecule has 2 unspecified atom stereocenters. The average molecular weight is 285 g/mol. The van der Waals surface area contributed by atoms with E-state index in [1.807, 2.05) is 0 Å². The summed E-state index contributed by atoms with van der Waals surface area (Å²) in [5.41, 5.74) is 0. The van der Waals surface area contributed by atoms with Crippen LogP contribution in [0.1, 0.15) is 6.92 Å². The summed E-state index contributed by atoms with van der Waals surface area (Å²) < 4.78 is 22.7. The molecular weight excluding hydrogens is 269 g/mol. The van der Waals surface area contributed by atoms with Crippen LogP contribution in [0, 0.1) is 5.82 Å². The predicted molar refractivity (Wildman–Crippen MR) is 67.9 cm³/mol. The molecule has 0 aromatic heterocycles. The number of rotatable bonds is 7. The van der Waals surface area contributed by atoms with Gasteiger partial charge < -0.3 is 19.9 Å². The van der Waals surface area contributed by atoms with E-state index in [0.29, 0.717) is 0 Å². The van der Waals surface area contributed by atoms with Crippen LogP contribution in [0.2, 0.25) is 0 Å². The number of benzene rings is 1. The third kappa shape index (κ3) is 4.85. The van der Waals surface area contributed by atoms with Gasteiger partial charge in [0.05, 0.1) is 6.54 Å². The van der Waals surface area contributed by atoms with Crippen LogP contribution < -0.4 is 10.1 Å². The number of methoxy groups -OCH3 is 1. The summed E-state index contributed by atoms with van der Waals surface area (Å²) in [5, 5.41) is 11.4. The number of nitrogens with one attached hydrogen (secondary N) is 1. The molecule has 1 aromatic carbocycles. The fraction of sp³-hybridized carbons (Fsp3) is 0.385. The summed E-state index contributed by atoms with van der Waals surface area (Å²) in [6.07, 6.45) is -1.95. The van der Waals surface area contributed by atoms with Crippen LogP contribution in [0.4, 0.5) is 4.39 Å². The van der Waals surface area contributed by atoms with Crippen LogP contribution in [0.5, 0.6) is 5.75 Å². The highest BCUT2D eigenvalue weighted by atomic mass is 19.1. The number of ether oxygens (including phenoxy) is 2. The molecule has 0 saturated heterocycles. The second kappa shape index (κ2) is 7.44. The van der Waals surface area contributed by atoms with Crippen molar-refractivity contribution in [1.29, 1.82) is 0 Å². The number of carboxylic acid groups (broad SMARTS) is 1. The third-order valence-electron chi connectivity index (χ3n) is 2.55. The molecular formula is C13H16FNO5. The summed E-state index contributed by atoms with van der Waals surface area (Å²) in [6.45, 7) is 1.31. The summed E-state index contributed by atoms with van der Waals surface area (Å²) >= 11 is 0. The summed E-state index contributed by atoms with van der Waals surface area (Å²) in [7, 11) is 1.37. The quantitative estimate of drug-likeness (QED) is 0.774. The molecule has 1 amide bonds. The lowest BCUT2D eigenvalue weighted by Crippen LogP contribution is -2.43. The van der Waals surface area contributed by atoms with Gasteiger partial charge in [-0.05, 0) is 31.2 Å². The Bertz CT molecular complexity index is 462. The molecule has 0 aliphatic heterocycles. The third-order valence-corrected chi connectivity index (χ3v) is 2.55. The largest absolute Gasteiger partial charge is 0.478 e. The summed E-state index contributed by atoms with van der Waals surface area (Å²) in [4.78, 5) is 22.5. The van der Waals surface area contributed by atoms with Gasteiger partial charge in [-0.1, -0.05) is 0 Å². The first-order valence-electron chi connectivity index (χ1n) is 5.89. The SMILES string of the molecule is COC(C)C(=O)NCC(Oc1ccc(F)cc1)C(=O)O. The van der Waals surface area contributed by atoms with Crippen LogP contribution >= 0.6 is 0 Å². The van der Waals surface area contributed by atoms with Crippen molar-refractivity contribution in [2.24, 2.45) is 0 Å². The topological polar surface area (TPSA) is 84.9 Å². The van der Waals surface area contributed by atoms with Crippen LogP contribution in [0.3, 0.4) is 0 Å². The normalized spacial score (nSPS) is 13.3. The molecule has 0 saturated carbocycles. The fourth-order valence-corrected chi connectivity index (χ4v) is 1.30. The van der Waals surface area contributed by atoms with E-state index in [0.717, 1.165) is 12.1 Å². The molecule has 6 nitrogen and oxygen atoms in total. The summed E-state index contributed by atoms with van der Waals surface area (Å²) in [5.74, 6) is -1.93. The summed E-state index contributed by atoms with van der Waals surface area (Å²) in [6, 6.07) is 4.93. The van der Waals surface area contributed by atoms with E-state index in [9.17, 15) is 14.0 Å². The molecule has 0 spiro atoms. The van der Waals surface area contributed by atoms with Crippen LogP contribution in [0.25, 0.3) is 0 Å². The van der Waals surface area contributed by atoms with Crippen molar-refractivity contribution >= 4 is 11.9 Å². The van der Waals surface area contributed by atoms with Crippen LogP contribution in [-0.2, 0) is 14.3 Å². The maximum atomic E-state index is 12.7. The maximum absolute atomic E-state index is 12.7. The highest BCUT2D eigenvalue weighted by Crippen LogP contribution is 2.13. The highest BCUT2D eigenvalue weighted by Gasteiger charge is 2.22. The highest BCUT2D eigenvalue weighted by molar-refractivity contribution is 5.81. The first-order valence-corrected chi connectivity index (χ1v) is 5.89. The Morgan fingerprint density at radius 3 is 2.45 bits per heavy atom. The molecule has 2 N–H and O–H groups in total. The number of carboxylic acids is 1. The lowest BCUT2D eigenvalue weighted by molar-refractivity contribution is -0.145. The molecule has 0 heterocycles. The van der Waals surface area contributed by atoms with E-state index in [2.05, 4.69) is 5.32 Å². The van der Waals surface area contributed by atoms with E-state index < -0.39 is 29.9 Å². The molecule has 1 rings (SSSR count). The molecule has 20 heavy (non-hydrogen) atoms. The van der Waals surface area contributed by atoms with Gasteiger partial charge in [0.25, 0.3) is 0 Å². The van der Waals surface area contributed by atoms with Gasteiger partial charge in [-0.25, -0.2) is 9.18 Å². The smallest absolute Gasteiger partial charge is 0.346 e. The monoisotopic (exact) mass is 285 g/mol. The lowest BCUT2D eigenvalue weighted by atomic mass is 10.3. The van der Waals surface area contributed by atoms with Crippen molar-refractivity contribution in [3.05, 3.63) is 30.1 Å². The average Bonchev–Trinajstić information content (AvgIpc) is 2.43. The van der Waals surface area contributed by atoms with Crippen molar-refractivity contribution in [2.75, 3.05) is 13.7 Å². The number of hydrogen-bond donors (Lipinski definition) is 2. The van der Waals surface area contributed by atoms with Gasteiger partial charge in [-0.3, -0.25) is 4.79 Å². The van der Waals surface area contributed by atoms with Crippen LogP contribution in [0.15, 0.2) is 24.3 Å². The molecule has 1 aromatic rings. The van der Waals surface area contributed by atoms with E-state index in [4.69, 9.17) is 14.6 Å².